The average molecular weight is 276 g/mol. The van der Waals surface area contributed by atoms with Gasteiger partial charge in [0.15, 0.2) is 0 Å². The highest BCUT2D eigenvalue weighted by atomic mass is 16.3. The summed E-state index contributed by atoms with van der Waals surface area (Å²) in [6, 6.07) is 11.8. The van der Waals surface area contributed by atoms with Crippen LogP contribution in [0.25, 0.3) is 0 Å². The summed E-state index contributed by atoms with van der Waals surface area (Å²) in [5.74, 6) is 0. The van der Waals surface area contributed by atoms with Crippen molar-refractivity contribution in [3.63, 3.8) is 0 Å². The molecule has 0 amide bonds. The SMILES string of the molecule is CC(C)N1CCC(N[C@@H](CO)Cc2ccccc2)CC1. The Kier molecular flexibility index (Phi) is 6.02. The lowest BCUT2D eigenvalue weighted by Gasteiger charge is -2.36. The standard InChI is InChI=1S/C17H28N2O/c1-14(2)19-10-8-16(9-11-19)18-17(13-20)12-15-6-4-3-5-7-15/h3-7,14,16-18,20H,8-13H2,1-2H3/t17-/m1/s1. The van der Waals surface area contributed by atoms with Gasteiger partial charge in [0, 0.05) is 18.1 Å². The molecule has 112 valence electrons. The van der Waals surface area contributed by atoms with Crippen LogP contribution >= 0.6 is 0 Å². The zero-order valence-electron chi connectivity index (χ0n) is 12.8. The number of nitrogens with one attached hydrogen (secondary N) is 1. The molecule has 0 bridgehead atoms. The van der Waals surface area contributed by atoms with Crippen molar-refractivity contribution in [2.45, 2.75) is 51.2 Å². The zero-order valence-corrected chi connectivity index (χ0v) is 12.8. The Hall–Kier alpha value is -0.900. The quantitative estimate of drug-likeness (QED) is 0.835. The number of aliphatic hydroxyl groups excluding tert-OH is 1. The topological polar surface area (TPSA) is 35.5 Å². The number of hydrogen-bond acceptors (Lipinski definition) is 3. The Balaban J connectivity index is 1.79. The van der Waals surface area contributed by atoms with Gasteiger partial charge in [-0.05, 0) is 51.8 Å². The van der Waals surface area contributed by atoms with E-state index in [0.29, 0.717) is 12.1 Å². The van der Waals surface area contributed by atoms with Crippen LogP contribution in [-0.4, -0.2) is 47.8 Å². The highest BCUT2D eigenvalue weighted by molar-refractivity contribution is 5.16. The van der Waals surface area contributed by atoms with Gasteiger partial charge < -0.3 is 15.3 Å². The van der Waals surface area contributed by atoms with E-state index in [1.54, 1.807) is 0 Å². The summed E-state index contributed by atoms with van der Waals surface area (Å²) in [6.07, 6.45) is 3.27. The summed E-state index contributed by atoms with van der Waals surface area (Å²) in [7, 11) is 0. The van der Waals surface area contributed by atoms with E-state index < -0.39 is 0 Å². The molecule has 0 radical (unpaired) electrons. The van der Waals surface area contributed by atoms with Gasteiger partial charge in [-0.1, -0.05) is 30.3 Å². The minimum atomic E-state index is 0.174. The maximum Gasteiger partial charge on any atom is 0.0587 e. The summed E-state index contributed by atoms with van der Waals surface area (Å²) >= 11 is 0. The van der Waals surface area contributed by atoms with Crippen molar-refractivity contribution in [3.05, 3.63) is 35.9 Å². The van der Waals surface area contributed by atoms with Gasteiger partial charge in [-0.2, -0.15) is 0 Å². The first-order valence-electron chi connectivity index (χ1n) is 7.84. The highest BCUT2D eigenvalue weighted by Crippen LogP contribution is 2.14. The van der Waals surface area contributed by atoms with Crippen molar-refractivity contribution in [1.82, 2.24) is 10.2 Å². The minimum Gasteiger partial charge on any atom is -0.395 e. The van der Waals surface area contributed by atoms with E-state index in [2.05, 4.69) is 48.3 Å². The first kappa shape index (κ1) is 15.5. The fraction of sp³-hybridized carbons (Fsp3) is 0.647. The van der Waals surface area contributed by atoms with Crippen molar-refractivity contribution in [2.24, 2.45) is 0 Å². The fourth-order valence-electron chi connectivity index (χ4n) is 2.99. The fourth-order valence-corrected chi connectivity index (χ4v) is 2.99. The van der Waals surface area contributed by atoms with E-state index in [1.165, 1.54) is 31.5 Å². The smallest absolute Gasteiger partial charge is 0.0587 e. The molecule has 0 saturated carbocycles. The molecule has 1 atom stereocenters. The van der Waals surface area contributed by atoms with Crippen LogP contribution in [0.5, 0.6) is 0 Å². The molecule has 1 aliphatic rings. The van der Waals surface area contributed by atoms with E-state index in [-0.39, 0.29) is 12.6 Å². The number of benzene rings is 1. The maximum atomic E-state index is 9.59. The molecule has 20 heavy (non-hydrogen) atoms. The van der Waals surface area contributed by atoms with Gasteiger partial charge in [-0.15, -0.1) is 0 Å². The summed E-state index contributed by atoms with van der Waals surface area (Å²) in [6.45, 7) is 7.07. The zero-order chi connectivity index (χ0) is 14.4. The molecule has 1 aliphatic heterocycles. The van der Waals surface area contributed by atoms with Crippen molar-refractivity contribution in [1.29, 1.82) is 0 Å². The van der Waals surface area contributed by atoms with Gasteiger partial charge in [0.2, 0.25) is 0 Å². The minimum absolute atomic E-state index is 0.174. The Morgan fingerprint density at radius 3 is 2.40 bits per heavy atom. The average Bonchev–Trinajstić information content (AvgIpc) is 2.48. The lowest BCUT2D eigenvalue weighted by Crippen LogP contribution is -2.49. The number of likely N-dealkylation sites (tertiary alicyclic amines) is 1. The normalized spacial score (nSPS) is 19.4. The molecule has 2 N–H and O–H groups in total. The van der Waals surface area contributed by atoms with Gasteiger partial charge in [0.25, 0.3) is 0 Å². The largest absolute Gasteiger partial charge is 0.395 e. The summed E-state index contributed by atoms with van der Waals surface area (Å²) in [5.41, 5.74) is 1.29. The number of nitrogens with zero attached hydrogens (tertiary/aromatic N) is 1. The van der Waals surface area contributed by atoms with Crippen LogP contribution in [0, 0.1) is 0 Å². The third-order valence-corrected chi connectivity index (χ3v) is 4.28. The molecule has 1 aromatic rings. The Morgan fingerprint density at radius 1 is 1.20 bits per heavy atom. The molecule has 0 spiro atoms. The predicted octanol–water partition coefficient (Wildman–Crippen LogP) is 2.05. The highest BCUT2D eigenvalue weighted by Gasteiger charge is 2.22. The summed E-state index contributed by atoms with van der Waals surface area (Å²) in [4.78, 5) is 2.53. The molecular formula is C17H28N2O. The molecule has 3 heteroatoms. The van der Waals surface area contributed by atoms with E-state index in [4.69, 9.17) is 0 Å². The molecule has 1 saturated heterocycles. The molecule has 0 aliphatic carbocycles. The molecule has 3 nitrogen and oxygen atoms in total. The van der Waals surface area contributed by atoms with Gasteiger partial charge in [-0.25, -0.2) is 0 Å². The van der Waals surface area contributed by atoms with Crippen LogP contribution in [0.3, 0.4) is 0 Å². The monoisotopic (exact) mass is 276 g/mol. The first-order valence-corrected chi connectivity index (χ1v) is 7.84. The lowest BCUT2D eigenvalue weighted by atomic mass is 10.0. The molecular weight excluding hydrogens is 248 g/mol. The van der Waals surface area contributed by atoms with Gasteiger partial charge in [0.05, 0.1) is 6.61 Å². The van der Waals surface area contributed by atoms with Crippen molar-refractivity contribution >= 4 is 0 Å². The molecule has 0 unspecified atom stereocenters. The van der Waals surface area contributed by atoms with Crippen LogP contribution < -0.4 is 5.32 Å². The van der Waals surface area contributed by atoms with Gasteiger partial charge in [0.1, 0.15) is 0 Å². The lowest BCUT2D eigenvalue weighted by molar-refractivity contribution is 0.146. The Bertz CT molecular complexity index is 372. The van der Waals surface area contributed by atoms with E-state index in [9.17, 15) is 5.11 Å². The van der Waals surface area contributed by atoms with Crippen LogP contribution in [0.2, 0.25) is 0 Å². The van der Waals surface area contributed by atoms with Gasteiger partial charge in [-0.3, -0.25) is 0 Å². The van der Waals surface area contributed by atoms with Crippen molar-refractivity contribution < 1.29 is 5.11 Å². The maximum absolute atomic E-state index is 9.59. The number of rotatable bonds is 6. The van der Waals surface area contributed by atoms with E-state index >= 15 is 0 Å². The Labute approximate surface area is 123 Å². The predicted molar refractivity (Wildman–Crippen MR) is 83.9 cm³/mol. The second kappa shape index (κ2) is 7.77. The summed E-state index contributed by atoms with van der Waals surface area (Å²) < 4.78 is 0. The summed E-state index contributed by atoms with van der Waals surface area (Å²) in [5, 5.41) is 13.2. The third-order valence-electron chi connectivity index (χ3n) is 4.28. The first-order chi connectivity index (χ1) is 9.69. The van der Waals surface area contributed by atoms with Crippen molar-refractivity contribution in [2.75, 3.05) is 19.7 Å². The third kappa shape index (κ3) is 4.58. The molecule has 1 aromatic carbocycles. The van der Waals surface area contributed by atoms with Gasteiger partial charge >= 0.3 is 0 Å². The number of aliphatic hydroxyl groups is 1. The Morgan fingerprint density at radius 2 is 1.85 bits per heavy atom. The van der Waals surface area contributed by atoms with Crippen molar-refractivity contribution in [3.8, 4) is 0 Å². The number of piperidine rings is 1. The van der Waals surface area contributed by atoms with Crippen LogP contribution in [0.1, 0.15) is 32.3 Å². The molecule has 1 heterocycles. The number of hydrogen-bond donors (Lipinski definition) is 2. The molecule has 0 aromatic heterocycles. The molecule has 2 rings (SSSR count). The van der Waals surface area contributed by atoms with Crippen LogP contribution in [-0.2, 0) is 6.42 Å². The second-order valence-electron chi connectivity index (χ2n) is 6.14. The van der Waals surface area contributed by atoms with E-state index in [1.807, 2.05) is 6.07 Å². The van der Waals surface area contributed by atoms with E-state index in [0.717, 1.165) is 6.42 Å². The van der Waals surface area contributed by atoms with Crippen LogP contribution in [0.15, 0.2) is 30.3 Å². The molecule has 1 fully saturated rings. The second-order valence-corrected chi connectivity index (χ2v) is 6.14. The van der Waals surface area contributed by atoms with Crippen LogP contribution in [0.4, 0.5) is 0 Å².